The van der Waals surface area contributed by atoms with Gasteiger partial charge in [-0.25, -0.2) is 4.79 Å². The maximum atomic E-state index is 12.4. The van der Waals surface area contributed by atoms with E-state index in [1.807, 2.05) is 0 Å². The number of aromatic carboxylic acids is 1. The Balaban J connectivity index is 1.90. The summed E-state index contributed by atoms with van der Waals surface area (Å²) in [6, 6.07) is 4.90. The topological polar surface area (TPSA) is 98.0 Å². The van der Waals surface area contributed by atoms with Crippen molar-refractivity contribution < 1.29 is 28.6 Å². The molecular weight excluding hydrogens is 302 g/mol. The Bertz CT molecular complexity index is 744. The highest BCUT2D eigenvalue weighted by atomic mass is 16.5. The van der Waals surface area contributed by atoms with Crippen LogP contribution in [-0.4, -0.2) is 43.3 Å². The second-order valence-corrected chi connectivity index (χ2v) is 5.30. The first-order chi connectivity index (χ1) is 11.1. The van der Waals surface area contributed by atoms with Crippen LogP contribution in [0.15, 0.2) is 22.6 Å². The number of amides is 1. The Labute approximate surface area is 132 Å². The Morgan fingerprint density at radius 1 is 1.43 bits per heavy atom. The van der Waals surface area contributed by atoms with Crippen molar-refractivity contribution >= 4 is 22.8 Å². The molecule has 23 heavy (non-hydrogen) atoms. The standard InChI is InChI=1S/C16H17NO6/c1-21-13-10-5-2-6-11(12(10)23-14(13)16(19)20)15(18)17-8-9-4-3-7-22-9/h2,5-6,9H,3-4,7-8H2,1H3,(H,17,18)(H,19,20). The van der Waals surface area contributed by atoms with Crippen LogP contribution in [0.3, 0.4) is 0 Å². The van der Waals surface area contributed by atoms with Crippen LogP contribution in [-0.2, 0) is 4.74 Å². The van der Waals surface area contributed by atoms with E-state index in [9.17, 15) is 14.7 Å². The molecule has 1 amide bonds. The van der Waals surface area contributed by atoms with Crippen molar-refractivity contribution in [3.63, 3.8) is 0 Å². The number of benzene rings is 1. The predicted octanol–water partition coefficient (Wildman–Crippen LogP) is 2.05. The molecule has 1 aliphatic heterocycles. The van der Waals surface area contributed by atoms with Gasteiger partial charge in [0.05, 0.1) is 24.2 Å². The van der Waals surface area contributed by atoms with Gasteiger partial charge >= 0.3 is 5.97 Å². The highest BCUT2D eigenvalue weighted by Crippen LogP contribution is 2.34. The van der Waals surface area contributed by atoms with Crippen LogP contribution in [0.25, 0.3) is 11.0 Å². The van der Waals surface area contributed by atoms with E-state index in [0.29, 0.717) is 18.5 Å². The third-order valence-corrected chi connectivity index (χ3v) is 3.83. The van der Waals surface area contributed by atoms with Crippen LogP contribution < -0.4 is 10.1 Å². The van der Waals surface area contributed by atoms with E-state index in [2.05, 4.69) is 5.32 Å². The predicted molar refractivity (Wildman–Crippen MR) is 81.0 cm³/mol. The molecule has 1 saturated heterocycles. The minimum atomic E-state index is -1.25. The molecule has 2 heterocycles. The zero-order chi connectivity index (χ0) is 16.4. The number of carboxylic acids is 1. The molecule has 2 aromatic rings. The summed E-state index contributed by atoms with van der Waals surface area (Å²) in [4.78, 5) is 23.6. The Morgan fingerprint density at radius 3 is 2.91 bits per heavy atom. The maximum Gasteiger partial charge on any atom is 0.375 e. The van der Waals surface area contributed by atoms with Crippen LogP contribution in [0.4, 0.5) is 0 Å². The van der Waals surface area contributed by atoms with Crippen molar-refractivity contribution in [2.24, 2.45) is 0 Å². The van der Waals surface area contributed by atoms with Crippen molar-refractivity contribution in [1.82, 2.24) is 5.32 Å². The molecule has 1 aromatic carbocycles. The molecule has 3 rings (SSSR count). The van der Waals surface area contributed by atoms with E-state index in [1.165, 1.54) is 7.11 Å². The van der Waals surface area contributed by atoms with E-state index < -0.39 is 5.97 Å². The van der Waals surface area contributed by atoms with Gasteiger partial charge in [0.25, 0.3) is 11.7 Å². The van der Waals surface area contributed by atoms with Crippen molar-refractivity contribution in [1.29, 1.82) is 0 Å². The Hall–Kier alpha value is -2.54. The van der Waals surface area contributed by atoms with Crippen molar-refractivity contribution in [2.75, 3.05) is 20.3 Å². The first kappa shape index (κ1) is 15.4. The van der Waals surface area contributed by atoms with Crippen molar-refractivity contribution in [3.05, 3.63) is 29.5 Å². The molecule has 0 aliphatic carbocycles. The van der Waals surface area contributed by atoms with Gasteiger partial charge in [-0.05, 0) is 25.0 Å². The van der Waals surface area contributed by atoms with Crippen LogP contribution in [0, 0.1) is 0 Å². The summed E-state index contributed by atoms with van der Waals surface area (Å²) in [7, 11) is 1.36. The third kappa shape index (κ3) is 2.87. The highest BCUT2D eigenvalue weighted by molar-refractivity contribution is 6.08. The molecule has 1 aliphatic rings. The number of carboxylic acid groups (broad SMARTS) is 1. The number of furan rings is 1. The van der Waals surface area contributed by atoms with Gasteiger partial charge < -0.3 is 24.3 Å². The summed E-state index contributed by atoms with van der Waals surface area (Å²) in [5.41, 5.74) is 0.470. The number of rotatable bonds is 5. The number of carbonyl (C=O) groups is 2. The zero-order valence-corrected chi connectivity index (χ0v) is 12.6. The fourth-order valence-corrected chi connectivity index (χ4v) is 2.73. The molecule has 1 aromatic heterocycles. The number of hydrogen-bond donors (Lipinski definition) is 2. The summed E-state index contributed by atoms with van der Waals surface area (Å²) in [6.45, 7) is 1.13. The average Bonchev–Trinajstić information content (AvgIpc) is 3.18. The lowest BCUT2D eigenvalue weighted by Crippen LogP contribution is -2.31. The van der Waals surface area contributed by atoms with Gasteiger partial charge in [-0.1, -0.05) is 6.07 Å². The molecule has 0 radical (unpaired) electrons. The molecule has 0 spiro atoms. The van der Waals surface area contributed by atoms with Crippen LogP contribution in [0.2, 0.25) is 0 Å². The lowest BCUT2D eigenvalue weighted by molar-refractivity contribution is 0.0659. The molecule has 1 unspecified atom stereocenters. The summed E-state index contributed by atoms with van der Waals surface area (Å²) >= 11 is 0. The van der Waals surface area contributed by atoms with Gasteiger partial charge in [0.15, 0.2) is 11.3 Å². The molecule has 2 N–H and O–H groups in total. The van der Waals surface area contributed by atoms with Gasteiger partial charge in [-0.3, -0.25) is 4.79 Å². The van der Waals surface area contributed by atoms with Gasteiger partial charge in [0.1, 0.15) is 0 Å². The van der Waals surface area contributed by atoms with E-state index in [1.54, 1.807) is 18.2 Å². The average molecular weight is 319 g/mol. The summed E-state index contributed by atoms with van der Waals surface area (Å²) in [5, 5.41) is 12.4. The smallest absolute Gasteiger partial charge is 0.375 e. The third-order valence-electron chi connectivity index (χ3n) is 3.83. The van der Waals surface area contributed by atoms with E-state index in [-0.39, 0.29) is 34.7 Å². The Kier molecular flexibility index (Phi) is 4.20. The zero-order valence-electron chi connectivity index (χ0n) is 12.6. The number of hydrogen-bond acceptors (Lipinski definition) is 5. The second kappa shape index (κ2) is 6.29. The molecule has 7 nitrogen and oxygen atoms in total. The summed E-state index contributed by atoms with van der Waals surface area (Å²) in [6.07, 6.45) is 1.94. The summed E-state index contributed by atoms with van der Waals surface area (Å²) < 4.78 is 15.9. The van der Waals surface area contributed by atoms with Crippen molar-refractivity contribution in [3.8, 4) is 5.75 Å². The number of fused-ring (bicyclic) bond motifs is 1. The highest BCUT2D eigenvalue weighted by Gasteiger charge is 2.25. The lowest BCUT2D eigenvalue weighted by Gasteiger charge is -2.10. The fraction of sp³-hybridized carbons (Fsp3) is 0.375. The SMILES string of the molecule is COc1c(C(=O)O)oc2c(C(=O)NCC3CCCO3)cccc12. The van der Waals surface area contributed by atoms with Gasteiger partial charge in [0, 0.05) is 13.2 Å². The largest absolute Gasteiger partial charge is 0.492 e. The minimum Gasteiger partial charge on any atom is -0.492 e. The van der Waals surface area contributed by atoms with Crippen LogP contribution in [0.5, 0.6) is 5.75 Å². The molecular formula is C16H17NO6. The number of nitrogens with one attached hydrogen (secondary N) is 1. The number of methoxy groups -OCH3 is 1. The van der Waals surface area contributed by atoms with E-state index >= 15 is 0 Å². The monoisotopic (exact) mass is 319 g/mol. The van der Waals surface area contributed by atoms with Crippen LogP contribution >= 0.6 is 0 Å². The molecule has 122 valence electrons. The van der Waals surface area contributed by atoms with E-state index in [0.717, 1.165) is 12.8 Å². The van der Waals surface area contributed by atoms with Crippen molar-refractivity contribution in [2.45, 2.75) is 18.9 Å². The molecule has 1 atom stereocenters. The van der Waals surface area contributed by atoms with E-state index in [4.69, 9.17) is 13.9 Å². The second-order valence-electron chi connectivity index (χ2n) is 5.30. The molecule has 0 saturated carbocycles. The molecule has 0 bridgehead atoms. The van der Waals surface area contributed by atoms with Gasteiger partial charge in [-0.2, -0.15) is 0 Å². The van der Waals surface area contributed by atoms with Gasteiger partial charge in [0.2, 0.25) is 0 Å². The Morgan fingerprint density at radius 2 is 2.26 bits per heavy atom. The maximum absolute atomic E-state index is 12.4. The molecule has 7 heteroatoms. The molecule has 1 fully saturated rings. The minimum absolute atomic E-state index is 0.0267. The first-order valence-electron chi connectivity index (χ1n) is 7.34. The van der Waals surface area contributed by atoms with Crippen LogP contribution in [0.1, 0.15) is 33.8 Å². The van der Waals surface area contributed by atoms with Gasteiger partial charge in [-0.15, -0.1) is 0 Å². The summed E-state index contributed by atoms with van der Waals surface area (Å²) in [5.74, 6) is -1.79. The number of para-hydroxylation sites is 1. The fourth-order valence-electron chi connectivity index (χ4n) is 2.73. The number of ether oxygens (including phenoxy) is 2. The quantitative estimate of drug-likeness (QED) is 0.875. The first-order valence-corrected chi connectivity index (χ1v) is 7.34. The lowest BCUT2D eigenvalue weighted by atomic mass is 10.1. The normalized spacial score (nSPS) is 17.3. The number of carbonyl (C=O) groups excluding carboxylic acids is 1.